The number of nitrogens with zero attached hydrogens (tertiary/aromatic N) is 2. The highest BCUT2D eigenvalue weighted by atomic mass is 32.2. The zero-order valence-electron chi connectivity index (χ0n) is 16.7. The molecule has 3 aromatic rings. The molecule has 0 unspecified atom stereocenters. The minimum Gasteiger partial charge on any atom is -0.454 e. The molecule has 1 aliphatic rings. The number of ether oxygens (including phenoxy) is 2. The first-order valence-corrected chi connectivity index (χ1v) is 11.0. The van der Waals surface area contributed by atoms with Gasteiger partial charge in [0.2, 0.25) is 12.7 Å². The Morgan fingerprint density at radius 1 is 0.967 bits per heavy atom. The fourth-order valence-electron chi connectivity index (χ4n) is 3.34. The first-order chi connectivity index (χ1) is 14.8. The lowest BCUT2D eigenvalue weighted by Crippen LogP contribution is -2.33. The lowest BCUT2D eigenvalue weighted by Gasteiger charge is -2.23. The Labute approximate surface area is 181 Å². The minimum absolute atomic E-state index is 0.127. The number of amides is 1. The number of hydrogen-bond donors (Lipinski definition) is 0. The molecule has 0 bridgehead atoms. The molecule has 0 saturated heterocycles. The monoisotopic (exact) mass is 420 g/mol. The summed E-state index contributed by atoms with van der Waals surface area (Å²) in [6.07, 6.45) is 5.36. The van der Waals surface area contributed by atoms with Crippen LogP contribution in [0, 0.1) is 0 Å². The molecule has 6 heteroatoms. The van der Waals surface area contributed by atoms with Crippen LogP contribution in [-0.2, 0) is 17.8 Å². The third-order valence-corrected chi connectivity index (χ3v) is 5.91. The molecule has 4 rings (SSSR count). The van der Waals surface area contributed by atoms with Crippen LogP contribution in [0.3, 0.4) is 0 Å². The fraction of sp³-hybridized carbons (Fsp3) is 0.250. The van der Waals surface area contributed by atoms with Gasteiger partial charge in [-0.2, -0.15) is 0 Å². The number of aryl methyl sites for hydroxylation is 1. The highest BCUT2D eigenvalue weighted by Crippen LogP contribution is 2.33. The predicted octanol–water partition coefficient (Wildman–Crippen LogP) is 4.56. The van der Waals surface area contributed by atoms with Gasteiger partial charge in [0, 0.05) is 30.4 Å². The zero-order valence-corrected chi connectivity index (χ0v) is 17.5. The number of carbonyl (C=O) groups is 1. The number of carbonyl (C=O) groups excluding carboxylic acids is 1. The van der Waals surface area contributed by atoms with Crippen LogP contribution in [0.1, 0.15) is 17.5 Å². The molecule has 1 amide bonds. The van der Waals surface area contributed by atoms with Crippen molar-refractivity contribution in [2.24, 2.45) is 0 Å². The van der Waals surface area contributed by atoms with Crippen LogP contribution in [0.4, 0.5) is 0 Å². The summed E-state index contributed by atoms with van der Waals surface area (Å²) >= 11 is 1.54. The molecule has 0 saturated carbocycles. The maximum atomic E-state index is 13.0. The van der Waals surface area contributed by atoms with E-state index in [2.05, 4.69) is 29.2 Å². The molecule has 2 heterocycles. The van der Waals surface area contributed by atoms with Crippen molar-refractivity contribution in [1.82, 2.24) is 9.88 Å². The second-order valence-corrected chi connectivity index (χ2v) is 8.11. The standard InChI is InChI=1S/C24H24N2O3S/c27-24(17-30-21-10-12-25-13-11-21)26(14-4-7-19-5-2-1-3-6-19)16-20-8-9-22-23(15-20)29-18-28-22/h1-3,5-6,8-13,15H,4,7,14,16-18H2. The van der Waals surface area contributed by atoms with Crippen molar-refractivity contribution in [3.8, 4) is 11.5 Å². The smallest absolute Gasteiger partial charge is 0.233 e. The largest absolute Gasteiger partial charge is 0.454 e. The topological polar surface area (TPSA) is 51.7 Å². The van der Waals surface area contributed by atoms with E-state index in [-0.39, 0.29) is 12.7 Å². The van der Waals surface area contributed by atoms with Gasteiger partial charge in [-0.3, -0.25) is 9.78 Å². The van der Waals surface area contributed by atoms with E-state index in [0.717, 1.165) is 34.8 Å². The molecule has 0 aliphatic carbocycles. The van der Waals surface area contributed by atoms with Gasteiger partial charge in [0.25, 0.3) is 0 Å². The molecular formula is C24H24N2O3S. The lowest BCUT2D eigenvalue weighted by atomic mass is 10.1. The number of fused-ring (bicyclic) bond motifs is 1. The highest BCUT2D eigenvalue weighted by Gasteiger charge is 2.18. The molecule has 30 heavy (non-hydrogen) atoms. The Bertz CT molecular complexity index is 967. The van der Waals surface area contributed by atoms with Crippen molar-refractivity contribution in [3.05, 3.63) is 84.2 Å². The molecule has 0 spiro atoms. The van der Waals surface area contributed by atoms with E-state index in [1.807, 2.05) is 41.3 Å². The predicted molar refractivity (Wildman–Crippen MR) is 118 cm³/mol. The lowest BCUT2D eigenvalue weighted by molar-refractivity contribution is -0.129. The third kappa shape index (κ3) is 5.54. The van der Waals surface area contributed by atoms with E-state index in [1.54, 1.807) is 24.2 Å². The van der Waals surface area contributed by atoms with Gasteiger partial charge in [-0.25, -0.2) is 0 Å². The van der Waals surface area contributed by atoms with Crippen molar-refractivity contribution in [1.29, 1.82) is 0 Å². The van der Waals surface area contributed by atoms with Gasteiger partial charge in [-0.1, -0.05) is 36.4 Å². The van der Waals surface area contributed by atoms with Gasteiger partial charge in [-0.15, -0.1) is 11.8 Å². The number of hydrogen-bond acceptors (Lipinski definition) is 5. The normalized spacial score (nSPS) is 12.0. The summed E-state index contributed by atoms with van der Waals surface area (Å²) < 4.78 is 10.9. The molecule has 1 aliphatic heterocycles. The Morgan fingerprint density at radius 3 is 2.60 bits per heavy atom. The molecule has 2 aromatic carbocycles. The Balaban J connectivity index is 1.40. The van der Waals surface area contributed by atoms with Gasteiger partial charge in [0.05, 0.1) is 5.75 Å². The van der Waals surface area contributed by atoms with Crippen molar-refractivity contribution in [2.45, 2.75) is 24.3 Å². The Morgan fingerprint density at radius 2 is 1.77 bits per heavy atom. The molecule has 154 valence electrons. The zero-order chi connectivity index (χ0) is 20.6. The Kier molecular flexibility index (Phi) is 6.87. The fourth-order valence-corrected chi connectivity index (χ4v) is 4.13. The molecule has 1 aromatic heterocycles. The van der Waals surface area contributed by atoms with E-state index in [1.165, 1.54) is 5.56 Å². The van der Waals surface area contributed by atoms with E-state index >= 15 is 0 Å². The van der Waals surface area contributed by atoms with Crippen LogP contribution in [0.25, 0.3) is 0 Å². The number of aromatic nitrogens is 1. The maximum absolute atomic E-state index is 13.0. The van der Waals surface area contributed by atoms with E-state index in [4.69, 9.17) is 9.47 Å². The van der Waals surface area contributed by atoms with E-state index in [0.29, 0.717) is 18.8 Å². The number of benzene rings is 2. The van der Waals surface area contributed by atoms with Crippen molar-refractivity contribution < 1.29 is 14.3 Å². The van der Waals surface area contributed by atoms with Gasteiger partial charge < -0.3 is 14.4 Å². The molecule has 0 N–H and O–H groups in total. The first kappa shape index (κ1) is 20.3. The molecule has 5 nitrogen and oxygen atoms in total. The average molecular weight is 421 g/mol. The van der Waals surface area contributed by atoms with Crippen LogP contribution < -0.4 is 9.47 Å². The summed E-state index contributed by atoms with van der Waals surface area (Å²) in [5.74, 6) is 2.03. The van der Waals surface area contributed by atoms with Crippen molar-refractivity contribution in [2.75, 3.05) is 19.1 Å². The summed E-state index contributed by atoms with van der Waals surface area (Å²) in [5, 5.41) is 0. The van der Waals surface area contributed by atoms with Crippen LogP contribution in [-0.4, -0.2) is 34.9 Å². The van der Waals surface area contributed by atoms with Gasteiger partial charge in [-0.05, 0) is 48.2 Å². The number of pyridine rings is 1. The second-order valence-electron chi connectivity index (χ2n) is 7.06. The van der Waals surface area contributed by atoms with E-state index in [9.17, 15) is 4.79 Å². The van der Waals surface area contributed by atoms with Crippen LogP contribution in [0.5, 0.6) is 11.5 Å². The average Bonchev–Trinajstić information content (AvgIpc) is 3.26. The van der Waals surface area contributed by atoms with Crippen molar-refractivity contribution in [3.63, 3.8) is 0 Å². The van der Waals surface area contributed by atoms with Gasteiger partial charge in [0.1, 0.15) is 0 Å². The summed E-state index contributed by atoms with van der Waals surface area (Å²) in [4.78, 5) is 20.0. The summed E-state index contributed by atoms with van der Waals surface area (Å²) in [5.41, 5.74) is 2.33. The summed E-state index contributed by atoms with van der Waals surface area (Å²) in [6, 6.07) is 20.1. The van der Waals surface area contributed by atoms with Crippen molar-refractivity contribution >= 4 is 17.7 Å². The quantitative estimate of drug-likeness (QED) is 0.475. The maximum Gasteiger partial charge on any atom is 0.233 e. The SMILES string of the molecule is O=C(CSc1ccncc1)N(CCCc1ccccc1)Cc1ccc2c(c1)OCO2. The number of rotatable bonds is 9. The molecular weight excluding hydrogens is 396 g/mol. The second kappa shape index (κ2) is 10.2. The molecule has 0 fully saturated rings. The minimum atomic E-state index is 0.127. The summed E-state index contributed by atoms with van der Waals surface area (Å²) in [7, 11) is 0. The van der Waals surface area contributed by atoms with Gasteiger partial charge in [0.15, 0.2) is 11.5 Å². The van der Waals surface area contributed by atoms with Gasteiger partial charge >= 0.3 is 0 Å². The van der Waals surface area contributed by atoms with Crippen LogP contribution >= 0.6 is 11.8 Å². The van der Waals surface area contributed by atoms with Crippen LogP contribution in [0.2, 0.25) is 0 Å². The Hall–Kier alpha value is -2.99. The molecule has 0 atom stereocenters. The summed E-state index contributed by atoms with van der Waals surface area (Å²) in [6.45, 7) is 1.52. The highest BCUT2D eigenvalue weighted by molar-refractivity contribution is 8.00. The molecule has 0 radical (unpaired) electrons. The number of thioether (sulfide) groups is 1. The van der Waals surface area contributed by atoms with E-state index < -0.39 is 0 Å². The first-order valence-electron chi connectivity index (χ1n) is 10.0. The van der Waals surface area contributed by atoms with Crippen LogP contribution in [0.15, 0.2) is 78.0 Å². The third-order valence-electron chi connectivity index (χ3n) is 4.91.